The van der Waals surface area contributed by atoms with E-state index in [1.54, 1.807) is 40.6 Å². The first-order chi connectivity index (χ1) is 18.6. The van der Waals surface area contributed by atoms with Crippen LogP contribution in [0.5, 0.6) is 23.0 Å². The van der Waals surface area contributed by atoms with Gasteiger partial charge in [-0.2, -0.15) is 0 Å². The molecular weight excluding hydrogens is 476 g/mol. The van der Waals surface area contributed by atoms with Crippen molar-refractivity contribution in [3.05, 3.63) is 95.3 Å². The van der Waals surface area contributed by atoms with Gasteiger partial charge in [0.1, 0.15) is 17.1 Å². The van der Waals surface area contributed by atoms with E-state index in [1.807, 2.05) is 60.7 Å². The van der Waals surface area contributed by atoms with E-state index in [1.165, 1.54) is 0 Å². The Bertz CT molecular complexity index is 1750. The highest BCUT2D eigenvalue weighted by molar-refractivity contribution is 6.03. The third-order valence-corrected chi connectivity index (χ3v) is 5.94. The summed E-state index contributed by atoms with van der Waals surface area (Å²) in [6.07, 6.45) is 0. The molecule has 5 aromatic rings. The first kappa shape index (κ1) is 24.5. The molecular formula is C32H24N2O4. The Labute approximate surface area is 221 Å². The second-order valence-corrected chi connectivity index (χ2v) is 8.24. The molecule has 0 aliphatic carbocycles. The van der Waals surface area contributed by atoms with Gasteiger partial charge in [-0.15, -0.1) is 0 Å². The van der Waals surface area contributed by atoms with Crippen LogP contribution in [-0.2, 0) is 0 Å². The minimum absolute atomic E-state index is 0.521. The number of nitrogens with zero attached hydrogens (tertiary/aromatic N) is 2. The molecule has 6 heteroatoms. The molecule has 0 amide bonds. The summed E-state index contributed by atoms with van der Waals surface area (Å²) in [6, 6.07) is 23.1. The van der Waals surface area contributed by atoms with Gasteiger partial charge in [-0.3, -0.25) is 0 Å². The number of methoxy groups -OCH3 is 4. The van der Waals surface area contributed by atoms with Crippen LogP contribution in [0.25, 0.3) is 21.8 Å². The van der Waals surface area contributed by atoms with Gasteiger partial charge in [-0.05, 0) is 72.5 Å². The molecule has 0 radical (unpaired) electrons. The summed E-state index contributed by atoms with van der Waals surface area (Å²) in [6.45, 7) is 0. The Morgan fingerprint density at radius 2 is 1.00 bits per heavy atom. The van der Waals surface area contributed by atoms with E-state index in [2.05, 4.69) is 23.7 Å². The molecule has 0 aliphatic rings. The molecule has 0 saturated heterocycles. The maximum absolute atomic E-state index is 5.43. The van der Waals surface area contributed by atoms with Crippen LogP contribution in [0.1, 0.15) is 22.5 Å². The fourth-order valence-corrected chi connectivity index (χ4v) is 4.01. The number of fused-ring (bicyclic) bond motifs is 3. The highest BCUT2D eigenvalue weighted by Crippen LogP contribution is 2.38. The molecule has 0 aliphatic heterocycles. The molecule has 0 saturated carbocycles. The lowest BCUT2D eigenvalue weighted by molar-refractivity contribution is 0.324. The molecule has 186 valence electrons. The number of pyridine rings is 2. The summed E-state index contributed by atoms with van der Waals surface area (Å²) in [5.74, 6) is 15.0. The van der Waals surface area contributed by atoms with Crippen LogP contribution in [0.15, 0.2) is 72.8 Å². The molecule has 0 spiro atoms. The largest absolute Gasteiger partial charge is 0.497 e. The van der Waals surface area contributed by atoms with Gasteiger partial charge in [-0.1, -0.05) is 24.0 Å². The Morgan fingerprint density at radius 3 is 1.47 bits per heavy atom. The second-order valence-electron chi connectivity index (χ2n) is 8.24. The standard InChI is InChI=1S/C32H24N2O4/c1-35-27-17-7-21(8-18-27)5-13-25-15-11-23-9-10-24-12-16-26(34-31(24)30(23)33-25)14-6-22-19-28(36-2)32(38-4)29(20-22)37-3/h7-12,15-20H,1-4H3. The van der Waals surface area contributed by atoms with Gasteiger partial charge >= 0.3 is 0 Å². The molecule has 3 aromatic carbocycles. The maximum atomic E-state index is 5.43. The van der Waals surface area contributed by atoms with Crippen LogP contribution in [0.3, 0.4) is 0 Å². The normalized spacial score (nSPS) is 10.2. The zero-order valence-corrected chi connectivity index (χ0v) is 21.5. The Balaban J connectivity index is 1.52. The molecule has 2 aromatic heterocycles. The van der Waals surface area contributed by atoms with Gasteiger partial charge in [-0.25, -0.2) is 9.97 Å². The van der Waals surface area contributed by atoms with Crippen LogP contribution in [0, 0.1) is 23.7 Å². The first-order valence-corrected chi connectivity index (χ1v) is 11.8. The Kier molecular flexibility index (Phi) is 6.97. The highest BCUT2D eigenvalue weighted by Gasteiger charge is 2.12. The van der Waals surface area contributed by atoms with Gasteiger partial charge in [0.15, 0.2) is 11.5 Å². The smallest absolute Gasteiger partial charge is 0.203 e. The summed E-state index contributed by atoms with van der Waals surface area (Å²) in [7, 11) is 6.36. The van der Waals surface area contributed by atoms with Crippen molar-refractivity contribution < 1.29 is 18.9 Å². The van der Waals surface area contributed by atoms with E-state index in [9.17, 15) is 0 Å². The minimum Gasteiger partial charge on any atom is -0.497 e. The summed E-state index contributed by atoms with van der Waals surface area (Å²) in [5, 5.41) is 1.96. The zero-order valence-electron chi connectivity index (χ0n) is 21.5. The van der Waals surface area contributed by atoms with Crippen LogP contribution in [-0.4, -0.2) is 38.4 Å². The average Bonchev–Trinajstić information content (AvgIpc) is 2.98. The predicted octanol–water partition coefficient (Wildman–Crippen LogP) is 5.62. The molecule has 6 nitrogen and oxygen atoms in total. The Morgan fingerprint density at radius 1 is 0.500 bits per heavy atom. The monoisotopic (exact) mass is 500 g/mol. The van der Waals surface area contributed by atoms with Crippen molar-refractivity contribution in [2.45, 2.75) is 0 Å². The van der Waals surface area contributed by atoms with Crippen molar-refractivity contribution in [2.75, 3.05) is 28.4 Å². The molecule has 5 rings (SSSR count). The van der Waals surface area contributed by atoms with E-state index in [0.717, 1.165) is 33.1 Å². The summed E-state index contributed by atoms with van der Waals surface area (Å²) >= 11 is 0. The van der Waals surface area contributed by atoms with E-state index in [-0.39, 0.29) is 0 Å². The molecule has 0 bridgehead atoms. The second kappa shape index (κ2) is 10.8. The predicted molar refractivity (Wildman–Crippen MR) is 148 cm³/mol. The molecule has 0 unspecified atom stereocenters. The first-order valence-electron chi connectivity index (χ1n) is 11.8. The zero-order chi connectivity index (χ0) is 26.5. The maximum Gasteiger partial charge on any atom is 0.203 e. The number of hydrogen-bond acceptors (Lipinski definition) is 6. The average molecular weight is 501 g/mol. The van der Waals surface area contributed by atoms with Crippen LogP contribution in [0.2, 0.25) is 0 Å². The number of hydrogen-bond donors (Lipinski definition) is 0. The topological polar surface area (TPSA) is 62.7 Å². The minimum atomic E-state index is 0.521. The van der Waals surface area contributed by atoms with Crippen LogP contribution < -0.4 is 18.9 Å². The van der Waals surface area contributed by atoms with Gasteiger partial charge in [0, 0.05) is 21.9 Å². The van der Waals surface area contributed by atoms with E-state index >= 15 is 0 Å². The number of ether oxygens (including phenoxy) is 4. The van der Waals surface area contributed by atoms with Crippen molar-refractivity contribution >= 4 is 21.8 Å². The molecule has 38 heavy (non-hydrogen) atoms. The summed E-state index contributed by atoms with van der Waals surface area (Å²) in [5.41, 5.74) is 4.43. The molecule has 0 N–H and O–H groups in total. The summed E-state index contributed by atoms with van der Waals surface area (Å²) in [4.78, 5) is 9.65. The van der Waals surface area contributed by atoms with Gasteiger partial charge in [0.2, 0.25) is 5.75 Å². The van der Waals surface area contributed by atoms with Crippen molar-refractivity contribution in [3.8, 4) is 46.7 Å². The quantitative estimate of drug-likeness (QED) is 0.236. The lowest BCUT2D eigenvalue weighted by Crippen LogP contribution is -1.95. The fraction of sp³-hybridized carbons (Fsp3) is 0.125. The lowest BCUT2D eigenvalue weighted by Gasteiger charge is -2.12. The van der Waals surface area contributed by atoms with Crippen molar-refractivity contribution in [1.82, 2.24) is 9.97 Å². The highest BCUT2D eigenvalue weighted by atomic mass is 16.5. The van der Waals surface area contributed by atoms with Gasteiger partial charge < -0.3 is 18.9 Å². The fourth-order valence-electron chi connectivity index (χ4n) is 4.01. The molecule has 0 atom stereocenters. The third-order valence-electron chi connectivity index (χ3n) is 5.94. The number of benzene rings is 3. The van der Waals surface area contributed by atoms with Crippen LogP contribution in [0.4, 0.5) is 0 Å². The number of aromatic nitrogens is 2. The van der Waals surface area contributed by atoms with Crippen molar-refractivity contribution in [1.29, 1.82) is 0 Å². The van der Waals surface area contributed by atoms with E-state index < -0.39 is 0 Å². The third kappa shape index (κ3) is 5.02. The lowest BCUT2D eigenvalue weighted by atomic mass is 10.1. The summed E-state index contributed by atoms with van der Waals surface area (Å²) < 4.78 is 21.5. The molecule has 2 heterocycles. The van der Waals surface area contributed by atoms with E-state index in [4.69, 9.17) is 28.9 Å². The van der Waals surface area contributed by atoms with Crippen LogP contribution >= 0.6 is 0 Å². The molecule has 0 fully saturated rings. The Hall–Kier alpha value is -5.20. The van der Waals surface area contributed by atoms with Crippen molar-refractivity contribution in [3.63, 3.8) is 0 Å². The van der Waals surface area contributed by atoms with E-state index in [0.29, 0.717) is 34.2 Å². The van der Waals surface area contributed by atoms with Gasteiger partial charge in [0.05, 0.1) is 39.5 Å². The van der Waals surface area contributed by atoms with Crippen molar-refractivity contribution in [2.24, 2.45) is 0 Å². The number of rotatable bonds is 4. The van der Waals surface area contributed by atoms with Gasteiger partial charge in [0.25, 0.3) is 0 Å². The SMILES string of the molecule is COc1ccc(C#Cc2ccc3ccc4ccc(C#Cc5cc(OC)c(OC)c(OC)c5)nc4c3n2)cc1.